The molecule has 278 valence electrons. The lowest BCUT2D eigenvalue weighted by Gasteiger charge is -2.18. The van der Waals surface area contributed by atoms with Crippen molar-refractivity contribution in [1.29, 1.82) is 0 Å². The number of carbonyl (C=O) groups excluding carboxylic acids is 2. The molecule has 48 heavy (non-hydrogen) atoms. The van der Waals surface area contributed by atoms with E-state index in [1.165, 1.54) is 38.5 Å². The first-order chi connectivity index (χ1) is 23.0. The Kier molecular flexibility index (Phi) is 30.8. The summed E-state index contributed by atoms with van der Waals surface area (Å²) >= 11 is 0. The SMILES string of the molecule is CCCCC[C@@H](O)/C=C/C=C\C/C=C\C/C=C\CCCC(=O)OC[C@H](COP(=O)(O)O)OC(=O)CCCCCCCCCCCC(C)C. The smallest absolute Gasteiger partial charge is 0.462 e. The van der Waals surface area contributed by atoms with Crippen molar-refractivity contribution in [3.63, 3.8) is 0 Å². The first-order valence-corrected chi connectivity index (χ1v) is 19.9. The summed E-state index contributed by atoms with van der Waals surface area (Å²) in [6.07, 6.45) is 33.2. The van der Waals surface area contributed by atoms with Crippen molar-refractivity contribution in [2.75, 3.05) is 13.2 Å². The fraction of sp³-hybridized carbons (Fsp3) is 0.737. The summed E-state index contributed by atoms with van der Waals surface area (Å²) in [5, 5.41) is 9.85. The highest BCUT2D eigenvalue weighted by molar-refractivity contribution is 7.46. The average Bonchev–Trinajstić information content (AvgIpc) is 3.02. The van der Waals surface area contributed by atoms with Gasteiger partial charge in [-0.2, -0.15) is 0 Å². The summed E-state index contributed by atoms with van der Waals surface area (Å²) in [5.41, 5.74) is 0. The normalized spacial score (nSPS) is 13.8. The largest absolute Gasteiger partial charge is 0.469 e. The molecule has 0 heterocycles. The number of unbranched alkanes of at least 4 members (excludes halogenated alkanes) is 11. The van der Waals surface area contributed by atoms with Crippen LogP contribution in [0.4, 0.5) is 0 Å². The Bertz CT molecular complexity index is 952. The predicted molar refractivity (Wildman–Crippen MR) is 194 cm³/mol. The number of hydrogen-bond acceptors (Lipinski definition) is 7. The fourth-order valence-corrected chi connectivity index (χ4v) is 5.20. The molecule has 0 unspecified atom stereocenters. The summed E-state index contributed by atoms with van der Waals surface area (Å²) in [7, 11) is -4.77. The molecule has 0 aliphatic heterocycles. The molecule has 0 aliphatic carbocycles. The van der Waals surface area contributed by atoms with Gasteiger partial charge >= 0.3 is 19.8 Å². The maximum Gasteiger partial charge on any atom is 0.469 e. The Morgan fingerprint density at radius 3 is 1.92 bits per heavy atom. The van der Waals surface area contributed by atoms with Crippen LogP contribution in [0.3, 0.4) is 0 Å². The number of hydrogen-bond donors (Lipinski definition) is 3. The molecule has 0 amide bonds. The van der Waals surface area contributed by atoms with Crippen LogP contribution in [0.15, 0.2) is 48.6 Å². The van der Waals surface area contributed by atoms with Crippen molar-refractivity contribution in [2.24, 2.45) is 5.92 Å². The Labute approximate surface area is 291 Å². The third-order valence-electron chi connectivity index (χ3n) is 7.63. The maximum atomic E-state index is 12.3. The third kappa shape index (κ3) is 35.3. The quantitative estimate of drug-likeness (QED) is 0.0206. The number of phosphoric ester groups is 1. The molecule has 0 bridgehead atoms. The molecular formula is C38H67O9P. The monoisotopic (exact) mass is 698 g/mol. The lowest BCUT2D eigenvalue weighted by molar-refractivity contribution is -0.161. The molecule has 0 spiro atoms. The van der Waals surface area contributed by atoms with Gasteiger partial charge in [0, 0.05) is 12.8 Å². The van der Waals surface area contributed by atoms with Gasteiger partial charge in [-0.25, -0.2) is 4.57 Å². The van der Waals surface area contributed by atoms with Crippen LogP contribution < -0.4 is 0 Å². The van der Waals surface area contributed by atoms with Crippen molar-refractivity contribution in [2.45, 2.75) is 161 Å². The number of allylic oxidation sites excluding steroid dienone is 7. The molecule has 0 aliphatic rings. The first kappa shape index (κ1) is 46.0. The van der Waals surface area contributed by atoms with Crippen LogP contribution >= 0.6 is 7.82 Å². The Balaban J connectivity index is 4.14. The first-order valence-electron chi connectivity index (χ1n) is 18.4. The minimum absolute atomic E-state index is 0.170. The summed E-state index contributed by atoms with van der Waals surface area (Å²) in [6.45, 7) is 5.78. The number of aliphatic hydroxyl groups excluding tert-OH is 1. The Hall–Kier alpha value is -2.03. The van der Waals surface area contributed by atoms with E-state index < -0.39 is 32.5 Å². The number of phosphoric acid groups is 1. The summed E-state index contributed by atoms with van der Waals surface area (Å²) < 4.78 is 26.2. The van der Waals surface area contributed by atoms with E-state index in [0.29, 0.717) is 19.3 Å². The second-order valence-corrected chi connectivity index (χ2v) is 14.1. The van der Waals surface area contributed by atoms with Gasteiger partial charge in [0.2, 0.25) is 0 Å². The topological polar surface area (TPSA) is 140 Å². The molecule has 0 saturated heterocycles. The van der Waals surface area contributed by atoms with Crippen LogP contribution in [0.1, 0.15) is 149 Å². The van der Waals surface area contributed by atoms with Gasteiger partial charge in [0.1, 0.15) is 6.61 Å². The van der Waals surface area contributed by atoms with Gasteiger partial charge in [-0.05, 0) is 44.4 Å². The highest BCUT2D eigenvalue weighted by Crippen LogP contribution is 2.36. The van der Waals surface area contributed by atoms with E-state index in [2.05, 4.69) is 37.4 Å². The second kappa shape index (κ2) is 32.2. The molecule has 0 radical (unpaired) electrons. The van der Waals surface area contributed by atoms with Crippen molar-refractivity contribution >= 4 is 19.8 Å². The number of carbonyl (C=O) groups is 2. The molecule has 9 nitrogen and oxygen atoms in total. The van der Waals surface area contributed by atoms with Crippen LogP contribution in [-0.4, -0.2) is 52.3 Å². The van der Waals surface area contributed by atoms with Gasteiger partial charge < -0.3 is 24.4 Å². The zero-order valence-electron chi connectivity index (χ0n) is 30.1. The molecule has 0 aromatic heterocycles. The second-order valence-electron chi connectivity index (χ2n) is 12.9. The lowest BCUT2D eigenvalue weighted by atomic mass is 10.0. The zero-order valence-corrected chi connectivity index (χ0v) is 31.0. The van der Waals surface area contributed by atoms with Gasteiger partial charge in [-0.3, -0.25) is 14.1 Å². The number of aliphatic hydroxyl groups is 1. The van der Waals surface area contributed by atoms with Gasteiger partial charge in [-0.1, -0.05) is 146 Å². The summed E-state index contributed by atoms with van der Waals surface area (Å²) in [6, 6.07) is 0. The van der Waals surface area contributed by atoms with Crippen LogP contribution in [0.25, 0.3) is 0 Å². The number of esters is 2. The van der Waals surface area contributed by atoms with Gasteiger partial charge in [0.25, 0.3) is 0 Å². The van der Waals surface area contributed by atoms with Crippen LogP contribution in [-0.2, 0) is 28.2 Å². The Morgan fingerprint density at radius 1 is 0.688 bits per heavy atom. The lowest BCUT2D eigenvalue weighted by Crippen LogP contribution is -2.29. The standard InChI is InChI=1S/C38H67O9P/c1-4-5-22-28-35(39)29-24-19-15-11-7-6-8-12-16-20-25-30-37(40)45-32-36(33-46-48(42,43)44)47-38(41)31-26-21-17-13-9-10-14-18-23-27-34(2)3/h6-7,12,15-16,19,24,29,34-36,39H,4-5,8-11,13-14,17-18,20-23,25-28,30-33H2,1-3H3,(H2,42,43,44)/b7-6-,16-12-,19-15-,29-24+/t35-,36-/m1/s1. The predicted octanol–water partition coefficient (Wildman–Crippen LogP) is 9.61. The highest BCUT2D eigenvalue weighted by Gasteiger charge is 2.22. The van der Waals surface area contributed by atoms with Gasteiger partial charge in [0.15, 0.2) is 6.10 Å². The minimum Gasteiger partial charge on any atom is -0.462 e. The molecule has 0 aromatic rings. The molecule has 10 heteroatoms. The van der Waals surface area contributed by atoms with E-state index in [1.54, 1.807) is 0 Å². The number of rotatable bonds is 32. The van der Waals surface area contributed by atoms with Gasteiger partial charge in [-0.15, -0.1) is 0 Å². The third-order valence-corrected chi connectivity index (χ3v) is 8.12. The molecule has 0 aromatic carbocycles. The van der Waals surface area contributed by atoms with E-state index in [9.17, 15) is 19.3 Å². The summed E-state index contributed by atoms with van der Waals surface area (Å²) in [4.78, 5) is 42.6. The van der Waals surface area contributed by atoms with Crippen molar-refractivity contribution in [3.05, 3.63) is 48.6 Å². The van der Waals surface area contributed by atoms with E-state index in [0.717, 1.165) is 63.7 Å². The van der Waals surface area contributed by atoms with Crippen LogP contribution in [0, 0.1) is 5.92 Å². The molecule has 2 atom stereocenters. The van der Waals surface area contributed by atoms with Crippen LogP contribution in [0.2, 0.25) is 0 Å². The maximum absolute atomic E-state index is 12.3. The fourth-order valence-electron chi connectivity index (χ4n) is 4.84. The molecule has 3 N–H and O–H groups in total. The van der Waals surface area contributed by atoms with E-state index in [-0.39, 0.29) is 25.6 Å². The summed E-state index contributed by atoms with van der Waals surface area (Å²) in [5.74, 6) is -0.205. The highest BCUT2D eigenvalue weighted by atomic mass is 31.2. The zero-order chi connectivity index (χ0) is 35.7. The number of ether oxygens (including phenoxy) is 2. The minimum atomic E-state index is -4.77. The molecule has 0 rings (SSSR count). The van der Waals surface area contributed by atoms with Crippen molar-refractivity contribution in [3.8, 4) is 0 Å². The van der Waals surface area contributed by atoms with Crippen molar-refractivity contribution < 1.29 is 43.0 Å². The van der Waals surface area contributed by atoms with E-state index in [1.807, 2.05) is 36.5 Å². The Morgan fingerprint density at radius 2 is 1.27 bits per heavy atom. The van der Waals surface area contributed by atoms with Crippen molar-refractivity contribution in [1.82, 2.24) is 0 Å². The molecular weight excluding hydrogens is 631 g/mol. The molecule has 0 fully saturated rings. The van der Waals surface area contributed by atoms with E-state index >= 15 is 0 Å². The average molecular weight is 699 g/mol. The van der Waals surface area contributed by atoms with Gasteiger partial charge in [0.05, 0.1) is 12.7 Å². The molecule has 0 saturated carbocycles. The van der Waals surface area contributed by atoms with Crippen LogP contribution in [0.5, 0.6) is 0 Å². The van der Waals surface area contributed by atoms with E-state index in [4.69, 9.17) is 19.3 Å².